The minimum absolute atomic E-state index is 1.03. The predicted octanol–water partition coefficient (Wildman–Crippen LogP) is 11.1. The number of rotatable bonds is 7. The molecule has 0 saturated heterocycles. The summed E-state index contributed by atoms with van der Waals surface area (Å²) in [5.41, 5.74) is 4.79. The van der Waals surface area contributed by atoms with Gasteiger partial charge in [-0.1, -0.05) is 118 Å². The van der Waals surface area contributed by atoms with E-state index in [-0.39, 0.29) is 0 Å². The molecule has 0 fully saturated rings. The first-order valence-corrected chi connectivity index (χ1v) is 15.5. The molecule has 2 aromatic heterocycles. The summed E-state index contributed by atoms with van der Waals surface area (Å²) in [5, 5.41) is 8.11. The Kier molecular flexibility index (Phi) is 6.76. The van der Waals surface area contributed by atoms with Gasteiger partial charge in [-0.3, -0.25) is 0 Å². The van der Waals surface area contributed by atoms with Crippen molar-refractivity contribution in [2.45, 2.75) is 52.0 Å². The zero-order chi connectivity index (χ0) is 26.9. The van der Waals surface area contributed by atoms with Crippen molar-refractivity contribution in [2.24, 2.45) is 0 Å². The fourth-order valence-electron chi connectivity index (χ4n) is 6.21. The average molecular weight is 536 g/mol. The lowest BCUT2D eigenvalue weighted by Gasteiger charge is -2.10. The van der Waals surface area contributed by atoms with E-state index in [2.05, 4.69) is 102 Å². The van der Waals surface area contributed by atoms with E-state index < -0.39 is 0 Å². The quantitative estimate of drug-likeness (QED) is 0.141. The molecule has 7 rings (SSSR count). The third kappa shape index (κ3) is 4.45. The van der Waals surface area contributed by atoms with Crippen LogP contribution in [0.2, 0.25) is 0 Å². The highest BCUT2D eigenvalue weighted by Gasteiger charge is 2.16. The monoisotopic (exact) mass is 535 g/mol. The number of unbranched alkanes of at least 4 members (excludes halogenated alkanes) is 5. The van der Waals surface area contributed by atoms with Gasteiger partial charge in [-0.15, -0.1) is 11.3 Å². The number of thiophene rings is 1. The average Bonchev–Trinajstić information content (AvgIpc) is 3.54. The first kappa shape index (κ1) is 24.9. The summed E-state index contributed by atoms with van der Waals surface area (Å²) < 4.78 is 5.35. The first-order valence-electron chi connectivity index (χ1n) is 14.7. The number of aryl methyl sites for hydroxylation is 1. The van der Waals surface area contributed by atoms with Crippen LogP contribution in [0, 0.1) is 11.8 Å². The summed E-state index contributed by atoms with van der Waals surface area (Å²) in [7, 11) is 0. The van der Waals surface area contributed by atoms with Gasteiger partial charge in [0.25, 0.3) is 0 Å². The lowest BCUT2D eigenvalue weighted by molar-refractivity contribution is 0.571. The molecule has 0 aliphatic rings. The minimum Gasteiger partial charge on any atom is -0.340 e. The Balaban J connectivity index is 1.40. The van der Waals surface area contributed by atoms with Crippen LogP contribution >= 0.6 is 11.3 Å². The van der Waals surface area contributed by atoms with E-state index in [0.717, 1.165) is 17.7 Å². The normalized spacial score (nSPS) is 11.6. The molecule has 5 aromatic carbocycles. The summed E-state index contributed by atoms with van der Waals surface area (Å²) in [4.78, 5) is 0. The molecule has 40 heavy (non-hydrogen) atoms. The molecule has 0 amide bonds. The number of benzene rings is 5. The van der Waals surface area contributed by atoms with Gasteiger partial charge < -0.3 is 4.57 Å². The smallest absolute Gasteiger partial charge is 0.0571 e. The van der Waals surface area contributed by atoms with E-state index >= 15 is 0 Å². The maximum atomic E-state index is 3.43. The van der Waals surface area contributed by atoms with Crippen molar-refractivity contribution in [1.29, 1.82) is 0 Å². The number of hydrogen-bond donors (Lipinski definition) is 0. The van der Waals surface area contributed by atoms with Crippen molar-refractivity contribution in [3.63, 3.8) is 0 Å². The van der Waals surface area contributed by atoms with Crippen molar-refractivity contribution in [3.8, 4) is 11.8 Å². The second-order valence-corrected chi connectivity index (χ2v) is 11.9. The standard InChI is InChI=1S/C38H33NS/c1-2-3-4-5-6-12-25-39-35-26-28(18-17-27-13-8-7-9-14-27)19-20-29(35)31-21-24-34-32(37(31)39)22-23-33-30-15-10-11-16-36(30)40-38(33)34/h7-11,13-16,19-24,26H,2-6,12,25H2,1H3. The van der Waals surface area contributed by atoms with Crippen molar-refractivity contribution in [2.75, 3.05) is 0 Å². The van der Waals surface area contributed by atoms with Gasteiger partial charge in [0.15, 0.2) is 0 Å². The third-order valence-electron chi connectivity index (χ3n) is 8.22. The highest BCUT2D eigenvalue weighted by Crippen LogP contribution is 2.42. The maximum Gasteiger partial charge on any atom is 0.0571 e. The van der Waals surface area contributed by atoms with E-state index in [1.54, 1.807) is 0 Å². The van der Waals surface area contributed by atoms with Crippen LogP contribution in [0.15, 0.2) is 97.1 Å². The molecule has 196 valence electrons. The number of fused-ring (bicyclic) bond motifs is 9. The van der Waals surface area contributed by atoms with Crippen molar-refractivity contribution in [1.82, 2.24) is 4.57 Å². The molecule has 0 radical (unpaired) electrons. The fraction of sp³-hybridized carbons (Fsp3) is 0.211. The second-order valence-electron chi connectivity index (χ2n) is 10.9. The first-order chi connectivity index (χ1) is 19.8. The van der Waals surface area contributed by atoms with Gasteiger partial charge in [0.1, 0.15) is 0 Å². The van der Waals surface area contributed by atoms with E-state index in [1.807, 2.05) is 29.5 Å². The minimum atomic E-state index is 1.03. The van der Waals surface area contributed by atoms with Gasteiger partial charge in [-0.2, -0.15) is 0 Å². The van der Waals surface area contributed by atoms with Crippen LogP contribution in [0.1, 0.15) is 56.6 Å². The topological polar surface area (TPSA) is 4.93 Å². The summed E-state index contributed by atoms with van der Waals surface area (Å²) in [6.07, 6.45) is 7.77. The summed E-state index contributed by atoms with van der Waals surface area (Å²) in [6, 6.07) is 35.3. The molecule has 0 aliphatic carbocycles. The van der Waals surface area contributed by atoms with Crippen LogP contribution < -0.4 is 0 Å². The Hall–Kier alpha value is -4.06. The van der Waals surface area contributed by atoms with E-state index in [0.29, 0.717) is 0 Å². The number of nitrogens with zero attached hydrogens (tertiary/aromatic N) is 1. The highest BCUT2D eigenvalue weighted by atomic mass is 32.1. The van der Waals surface area contributed by atoms with Crippen molar-refractivity contribution >= 4 is 64.1 Å². The second kappa shape index (κ2) is 10.8. The van der Waals surface area contributed by atoms with Crippen LogP contribution in [0.3, 0.4) is 0 Å². The van der Waals surface area contributed by atoms with Crippen molar-refractivity contribution in [3.05, 3.63) is 108 Å². The van der Waals surface area contributed by atoms with Gasteiger partial charge in [-0.25, -0.2) is 0 Å². The molecule has 0 aliphatic heterocycles. The molecule has 2 heteroatoms. The Morgan fingerprint density at radius 1 is 0.575 bits per heavy atom. The largest absolute Gasteiger partial charge is 0.340 e. The van der Waals surface area contributed by atoms with Gasteiger partial charge in [0.05, 0.1) is 11.0 Å². The third-order valence-corrected chi connectivity index (χ3v) is 9.44. The van der Waals surface area contributed by atoms with E-state index in [1.165, 1.54) is 91.3 Å². The van der Waals surface area contributed by atoms with Crippen LogP contribution in [0.5, 0.6) is 0 Å². The van der Waals surface area contributed by atoms with Gasteiger partial charge in [-0.05, 0) is 36.8 Å². The van der Waals surface area contributed by atoms with Crippen LogP contribution in [-0.2, 0) is 6.54 Å². The molecule has 0 atom stereocenters. The Labute approximate surface area is 240 Å². The number of hydrogen-bond acceptors (Lipinski definition) is 1. The Bertz CT molecular complexity index is 2050. The Morgan fingerprint density at radius 2 is 1.23 bits per heavy atom. The van der Waals surface area contributed by atoms with Crippen molar-refractivity contribution < 1.29 is 0 Å². The molecule has 1 nitrogen and oxygen atoms in total. The van der Waals surface area contributed by atoms with E-state index in [4.69, 9.17) is 0 Å². The van der Waals surface area contributed by atoms with Crippen LogP contribution in [0.25, 0.3) is 52.8 Å². The Morgan fingerprint density at radius 3 is 2.08 bits per heavy atom. The summed E-state index contributed by atoms with van der Waals surface area (Å²) >= 11 is 1.92. The molecule has 0 bridgehead atoms. The number of aromatic nitrogens is 1. The highest BCUT2D eigenvalue weighted by molar-refractivity contribution is 7.26. The molecule has 0 unspecified atom stereocenters. The van der Waals surface area contributed by atoms with Crippen LogP contribution in [0.4, 0.5) is 0 Å². The van der Waals surface area contributed by atoms with Gasteiger partial charge in [0, 0.05) is 59.4 Å². The molecule has 0 spiro atoms. The lowest BCUT2D eigenvalue weighted by atomic mass is 10.0. The zero-order valence-electron chi connectivity index (χ0n) is 23.0. The molecule has 0 N–H and O–H groups in total. The molecular formula is C38H33NS. The molecule has 0 saturated carbocycles. The SMILES string of the molecule is CCCCCCCCn1c2cc(C#Cc3ccccc3)ccc2c2ccc3c(ccc4c5ccccc5sc43)c21. The molecular weight excluding hydrogens is 502 g/mol. The maximum absolute atomic E-state index is 3.43. The summed E-state index contributed by atoms with van der Waals surface area (Å²) in [6.45, 7) is 3.32. The zero-order valence-corrected chi connectivity index (χ0v) is 23.9. The van der Waals surface area contributed by atoms with Crippen LogP contribution in [-0.4, -0.2) is 4.57 Å². The van der Waals surface area contributed by atoms with Gasteiger partial charge in [0.2, 0.25) is 0 Å². The predicted molar refractivity (Wildman–Crippen MR) is 176 cm³/mol. The lowest BCUT2D eigenvalue weighted by Crippen LogP contribution is -1.98. The van der Waals surface area contributed by atoms with E-state index in [9.17, 15) is 0 Å². The van der Waals surface area contributed by atoms with Gasteiger partial charge >= 0.3 is 0 Å². The molecule has 7 aromatic rings. The molecule has 2 heterocycles. The summed E-state index contributed by atoms with van der Waals surface area (Å²) in [5.74, 6) is 6.78. The fourth-order valence-corrected chi connectivity index (χ4v) is 7.44.